The van der Waals surface area contributed by atoms with Crippen LogP contribution in [0.15, 0.2) is 83.9 Å². The molecule has 0 heterocycles. The summed E-state index contributed by atoms with van der Waals surface area (Å²) in [5.41, 5.74) is 5.43. The first-order valence-corrected chi connectivity index (χ1v) is 9.09. The van der Waals surface area contributed by atoms with Gasteiger partial charge in [0.15, 0.2) is 0 Å². The lowest BCUT2D eigenvalue weighted by molar-refractivity contribution is 0.866. The molecule has 0 aliphatic heterocycles. The van der Waals surface area contributed by atoms with E-state index in [0.29, 0.717) is 0 Å². The van der Waals surface area contributed by atoms with Crippen LogP contribution in [-0.2, 0) is 0 Å². The summed E-state index contributed by atoms with van der Waals surface area (Å²) in [5.74, 6) is 0. The van der Waals surface area contributed by atoms with E-state index in [1.165, 1.54) is 5.69 Å². The van der Waals surface area contributed by atoms with Crippen LogP contribution in [0, 0.1) is 0 Å². The van der Waals surface area contributed by atoms with E-state index in [0.717, 1.165) is 35.7 Å². The van der Waals surface area contributed by atoms with E-state index in [1.54, 1.807) is 0 Å². The predicted octanol–water partition coefficient (Wildman–Crippen LogP) is 6.03. The Morgan fingerprint density at radius 3 is 2.00 bits per heavy atom. The number of aliphatic imine (C=N–C) groups is 1. The molecular weight excluding hydrogens is 318 g/mol. The molecule has 0 radical (unpaired) electrons. The average molecular weight is 343 g/mol. The van der Waals surface area contributed by atoms with Crippen LogP contribution in [0.3, 0.4) is 0 Å². The van der Waals surface area contributed by atoms with Crippen molar-refractivity contribution in [3.63, 3.8) is 0 Å². The van der Waals surface area contributed by atoms with Crippen LogP contribution < -0.4 is 10.2 Å². The Kier molecular flexibility index (Phi) is 6.05. The van der Waals surface area contributed by atoms with E-state index in [4.69, 9.17) is 0 Å². The first-order chi connectivity index (χ1) is 12.8. The molecule has 0 bridgehead atoms. The summed E-state index contributed by atoms with van der Waals surface area (Å²) in [6, 6.07) is 26.8. The van der Waals surface area contributed by atoms with Gasteiger partial charge in [0.2, 0.25) is 0 Å². The van der Waals surface area contributed by atoms with Crippen molar-refractivity contribution in [3.8, 4) is 0 Å². The molecule has 132 valence electrons. The summed E-state index contributed by atoms with van der Waals surface area (Å²) in [6.07, 6.45) is 1.91. The fourth-order valence-electron chi connectivity index (χ4n) is 2.83. The van der Waals surface area contributed by atoms with Crippen molar-refractivity contribution in [2.45, 2.75) is 13.8 Å². The molecule has 0 saturated carbocycles. The van der Waals surface area contributed by atoms with Gasteiger partial charge in [0.25, 0.3) is 0 Å². The van der Waals surface area contributed by atoms with Crippen molar-refractivity contribution >= 4 is 29.0 Å². The van der Waals surface area contributed by atoms with Crippen LogP contribution in [0.5, 0.6) is 0 Å². The van der Waals surface area contributed by atoms with Gasteiger partial charge in [0.05, 0.1) is 5.69 Å². The van der Waals surface area contributed by atoms with E-state index in [9.17, 15) is 0 Å². The molecule has 0 fully saturated rings. The zero-order valence-electron chi connectivity index (χ0n) is 15.4. The minimum Gasteiger partial charge on any atom is -0.372 e. The lowest BCUT2D eigenvalue weighted by Crippen LogP contribution is -2.21. The van der Waals surface area contributed by atoms with Crippen molar-refractivity contribution in [1.29, 1.82) is 0 Å². The van der Waals surface area contributed by atoms with Gasteiger partial charge in [-0.1, -0.05) is 30.3 Å². The summed E-state index contributed by atoms with van der Waals surface area (Å²) < 4.78 is 0. The molecule has 3 aromatic rings. The van der Waals surface area contributed by atoms with Gasteiger partial charge in [-0.25, -0.2) is 0 Å². The molecule has 0 saturated heterocycles. The number of hydrogen-bond acceptors (Lipinski definition) is 3. The molecule has 3 heteroatoms. The topological polar surface area (TPSA) is 27.6 Å². The number of para-hydroxylation sites is 1. The molecule has 0 unspecified atom stereocenters. The smallest absolute Gasteiger partial charge is 0.0631 e. The monoisotopic (exact) mass is 343 g/mol. The second-order valence-electron chi connectivity index (χ2n) is 6.06. The Hall–Kier alpha value is -3.07. The third-order valence-electron chi connectivity index (χ3n) is 4.31. The van der Waals surface area contributed by atoms with Gasteiger partial charge >= 0.3 is 0 Å². The number of benzene rings is 3. The molecule has 0 amide bonds. The fraction of sp³-hybridized carbons (Fsp3) is 0.174. The van der Waals surface area contributed by atoms with Gasteiger partial charge in [-0.15, -0.1) is 0 Å². The molecule has 0 aromatic heterocycles. The van der Waals surface area contributed by atoms with Gasteiger partial charge in [0.1, 0.15) is 0 Å². The van der Waals surface area contributed by atoms with Crippen molar-refractivity contribution in [2.24, 2.45) is 4.99 Å². The maximum Gasteiger partial charge on any atom is 0.0631 e. The van der Waals surface area contributed by atoms with E-state index in [1.807, 2.05) is 60.8 Å². The minimum atomic E-state index is 0.941. The van der Waals surface area contributed by atoms with Crippen molar-refractivity contribution in [2.75, 3.05) is 23.3 Å². The molecular formula is C23H25N3. The summed E-state index contributed by atoms with van der Waals surface area (Å²) in [7, 11) is 0. The normalized spacial score (nSPS) is 10.8. The molecule has 1 N–H and O–H groups in total. The molecule has 3 aromatic carbocycles. The van der Waals surface area contributed by atoms with Crippen LogP contribution in [0.4, 0.5) is 22.7 Å². The highest BCUT2D eigenvalue weighted by atomic mass is 15.1. The van der Waals surface area contributed by atoms with Gasteiger partial charge in [-0.3, -0.25) is 4.99 Å². The molecule has 0 spiro atoms. The third kappa shape index (κ3) is 4.73. The van der Waals surface area contributed by atoms with E-state index in [-0.39, 0.29) is 0 Å². The second-order valence-corrected chi connectivity index (χ2v) is 6.06. The van der Waals surface area contributed by atoms with Crippen molar-refractivity contribution in [3.05, 3.63) is 84.4 Å². The van der Waals surface area contributed by atoms with Crippen LogP contribution in [-0.4, -0.2) is 19.3 Å². The predicted molar refractivity (Wildman–Crippen MR) is 113 cm³/mol. The Morgan fingerprint density at radius 1 is 0.769 bits per heavy atom. The summed E-state index contributed by atoms with van der Waals surface area (Å²) >= 11 is 0. The van der Waals surface area contributed by atoms with Gasteiger partial charge in [0, 0.05) is 36.4 Å². The van der Waals surface area contributed by atoms with Gasteiger partial charge in [-0.05, 0) is 67.9 Å². The molecule has 0 aliphatic carbocycles. The standard InChI is InChI=1S/C23H25N3/c1-3-26(4-2)23-16-10-19(11-17-23)18-24-20-12-14-22(15-13-20)25-21-8-6-5-7-9-21/h5-18,25H,3-4H2,1-2H3. The van der Waals surface area contributed by atoms with E-state index < -0.39 is 0 Å². The highest BCUT2D eigenvalue weighted by Crippen LogP contribution is 2.20. The van der Waals surface area contributed by atoms with Crippen LogP contribution in [0.25, 0.3) is 0 Å². The number of nitrogens with one attached hydrogen (secondary N) is 1. The Balaban J connectivity index is 1.63. The summed E-state index contributed by atoms with van der Waals surface area (Å²) in [4.78, 5) is 6.91. The highest BCUT2D eigenvalue weighted by Gasteiger charge is 2.00. The molecule has 3 nitrogen and oxygen atoms in total. The molecule has 3 rings (SSSR count). The first kappa shape index (κ1) is 17.7. The quantitative estimate of drug-likeness (QED) is 0.531. The van der Waals surface area contributed by atoms with Crippen LogP contribution in [0.2, 0.25) is 0 Å². The number of hydrogen-bond donors (Lipinski definition) is 1. The zero-order valence-corrected chi connectivity index (χ0v) is 15.4. The van der Waals surface area contributed by atoms with Crippen LogP contribution in [0.1, 0.15) is 19.4 Å². The van der Waals surface area contributed by atoms with E-state index in [2.05, 4.69) is 53.3 Å². The number of nitrogens with zero attached hydrogens (tertiary/aromatic N) is 2. The van der Waals surface area contributed by atoms with Gasteiger partial charge in [-0.2, -0.15) is 0 Å². The van der Waals surface area contributed by atoms with Crippen LogP contribution >= 0.6 is 0 Å². The third-order valence-corrected chi connectivity index (χ3v) is 4.31. The number of anilines is 3. The SMILES string of the molecule is CCN(CC)c1ccc(C=Nc2ccc(Nc3ccccc3)cc2)cc1. The largest absolute Gasteiger partial charge is 0.372 e. The maximum absolute atomic E-state index is 4.57. The summed E-state index contributed by atoms with van der Waals surface area (Å²) in [5, 5.41) is 3.38. The molecule has 0 atom stereocenters. The maximum atomic E-state index is 4.57. The number of rotatable bonds is 7. The molecule has 0 aliphatic rings. The fourth-order valence-corrected chi connectivity index (χ4v) is 2.83. The highest BCUT2D eigenvalue weighted by molar-refractivity contribution is 5.82. The first-order valence-electron chi connectivity index (χ1n) is 9.09. The Morgan fingerprint density at radius 2 is 1.38 bits per heavy atom. The summed E-state index contributed by atoms with van der Waals surface area (Å²) in [6.45, 7) is 6.39. The lowest BCUT2D eigenvalue weighted by atomic mass is 10.2. The van der Waals surface area contributed by atoms with Crippen molar-refractivity contribution < 1.29 is 0 Å². The average Bonchev–Trinajstić information content (AvgIpc) is 2.70. The van der Waals surface area contributed by atoms with E-state index >= 15 is 0 Å². The molecule has 26 heavy (non-hydrogen) atoms. The van der Waals surface area contributed by atoms with Crippen molar-refractivity contribution in [1.82, 2.24) is 0 Å². The Bertz CT molecular complexity index is 818. The van der Waals surface area contributed by atoms with Gasteiger partial charge < -0.3 is 10.2 Å². The zero-order chi connectivity index (χ0) is 18.2. The second kappa shape index (κ2) is 8.86. The minimum absolute atomic E-state index is 0.941. The Labute approximate surface area is 156 Å². The lowest BCUT2D eigenvalue weighted by Gasteiger charge is -2.20.